The van der Waals surface area contributed by atoms with Crippen molar-refractivity contribution in [2.24, 2.45) is 5.92 Å². The number of hydrogen-bond acceptors (Lipinski definition) is 3. The van der Waals surface area contributed by atoms with Gasteiger partial charge in [0.05, 0.1) is 6.10 Å². The molecule has 1 rings (SSSR count). The lowest BCUT2D eigenvalue weighted by Crippen LogP contribution is -2.40. The van der Waals surface area contributed by atoms with Gasteiger partial charge in [0, 0.05) is 6.54 Å². The Bertz CT molecular complexity index is 462. The first-order valence-electron chi connectivity index (χ1n) is 6.71. The molecule has 0 aliphatic rings. The first-order chi connectivity index (χ1) is 9.31. The van der Waals surface area contributed by atoms with Crippen LogP contribution >= 0.6 is 0 Å². The normalized spacial score (nSPS) is 14.3. The molecule has 0 aliphatic heterocycles. The quantitative estimate of drug-likeness (QED) is 0.718. The van der Waals surface area contributed by atoms with Crippen molar-refractivity contribution in [2.75, 3.05) is 6.54 Å². The maximum atomic E-state index is 13.2. The number of carbonyl (C=O) groups is 1. The lowest BCUT2D eigenvalue weighted by Gasteiger charge is -2.19. The van der Waals surface area contributed by atoms with Crippen LogP contribution in [0.5, 0.6) is 0 Å². The fraction of sp³-hybridized carbons (Fsp3) is 0.533. The second-order valence-electron chi connectivity index (χ2n) is 5.45. The fourth-order valence-electron chi connectivity index (χ4n) is 1.99. The van der Waals surface area contributed by atoms with Crippen LogP contribution < -0.4 is 5.32 Å². The van der Waals surface area contributed by atoms with Crippen molar-refractivity contribution < 1.29 is 19.4 Å². The number of aryl methyl sites for hydroxylation is 1. The zero-order valence-electron chi connectivity index (χ0n) is 12.1. The third-order valence-corrected chi connectivity index (χ3v) is 3.13. The average molecular weight is 283 g/mol. The molecule has 0 fully saturated rings. The largest absolute Gasteiger partial charge is 0.480 e. The van der Waals surface area contributed by atoms with Gasteiger partial charge >= 0.3 is 5.97 Å². The molecule has 3 N–H and O–H groups in total. The summed E-state index contributed by atoms with van der Waals surface area (Å²) in [6.07, 6.45) is -0.367. The predicted octanol–water partition coefficient (Wildman–Crippen LogP) is 2.26. The van der Waals surface area contributed by atoms with Crippen molar-refractivity contribution in [1.82, 2.24) is 5.32 Å². The monoisotopic (exact) mass is 283 g/mol. The second kappa shape index (κ2) is 7.36. The molecule has 112 valence electrons. The molecule has 0 bridgehead atoms. The number of nitrogens with one attached hydrogen (secondary N) is 1. The summed E-state index contributed by atoms with van der Waals surface area (Å²) in [4.78, 5) is 11.1. The summed E-state index contributed by atoms with van der Waals surface area (Å²) in [5.74, 6) is -1.01. The number of carboxylic acid groups (broad SMARTS) is 1. The van der Waals surface area contributed by atoms with Gasteiger partial charge in [-0.25, -0.2) is 4.39 Å². The first kappa shape index (κ1) is 16.6. The number of aliphatic carboxylic acids is 1. The van der Waals surface area contributed by atoms with Gasteiger partial charge in [-0.3, -0.25) is 4.79 Å². The molecule has 4 nitrogen and oxygen atoms in total. The summed E-state index contributed by atoms with van der Waals surface area (Å²) >= 11 is 0. The molecular weight excluding hydrogens is 261 g/mol. The van der Waals surface area contributed by atoms with Crippen LogP contribution in [-0.2, 0) is 4.79 Å². The lowest BCUT2D eigenvalue weighted by atomic mass is 10.0. The van der Waals surface area contributed by atoms with Crippen LogP contribution in [0.1, 0.15) is 37.5 Å². The Morgan fingerprint density at radius 2 is 2.05 bits per heavy atom. The highest BCUT2D eigenvalue weighted by Crippen LogP contribution is 2.16. The van der Waals surface area contributed by atoms with Crippen molar-refractivity contribution in [3.05, 3.63) is 35.1 Å². The average Bonchev–Trinajstić information content (AvgIpc) is 2.36. The minimum absolute atomic E-state index is 0.120. The molecule has 0 saturated heterocycles. The fourth-order valence-corrected chi connectivity index (χ4v) is 1.99. The van der Waals surface area contributed by atoms with Gasteiger partial charge in [0.1, 0.15) is 11.9 Å². The van der Waals surface area contributed by atoms with E-state index in [-0.39, 0.29) is 18.3 Å². The molecule has 0 saturated carbocycles. The number of carboxylic acids is 1. The molecule has 0 heterocycles. The SMILES string of the molecule is Cc1cc(C(O)CNC(CC(C)C)C(=O)O)ccc1F. The highest BCUT2D eigenvalue weighted by atomic mass is 19.1. The standard InChI is InChI=1S/C15H22FNO3/c1-9(2)6-13(15(19)20)17-8-14(18)11-4-5-12(16)10(3)7-11/h4-5,7,9,13-14,17-18H,6,8H2,1-3H3,(H,19,20). The maximum absolute atomic E-state index is 13.2. The van der Waals surface area contributed by atoms with E-state index < -0.39 is 18.1 Å². The molecule has 20 heavy (non-hydrogen) atoms. The highest BCUT2D eigenvalue weighted by Gasteiger charge is 2.20. The van der Waals surface area contributed by atoms with Crippen LogP contribution in [0.25, 0.3) is 0 Å². The number of rotatable bonds is 7. The zero-order valence-corrected chi connectivity index (χ0v) is 12.1. The van der Waals surface area contributed by atoms with Gasteiger partial charge in [-0.05, 0) is 36.5 Å². The van der Waals surface area contributed by atoms with Crippen molar-refractivity contribution in [3.63, 3.8) is 0 Å². The smallest absolute Gasteiger partial charge is 0.320 e. The van der Waals surface area contributed by atoms with Crippen LogP contribution in [0, 0.1) is 18.7 Å². The molecule has 0 aliphatic carbocycles. The molecule has 1 aromatic carbocycles. The molecule has 0 aromatic heterocycles. The Labute approximate surface area is 118 Å². The van der Waals surface area contributed by atoms with Crippen molar-refractivity contribution in [2.45, 2.75) is 39.3 Å². The number of hydrogen-bond donors (Lipinski definition) is 3. The second-order valence-corrected chi connectivity index (χ2v) is 5.45. The summed E-state index contributed by atoms with van der Waals surface area (Å²) in [6, 6.07) is 3.69. The van der Waals surface area contributed by atoms with Gasteiger partial charge in [0.15, 0.2) is 0 Å². The summed E-state index contributed by atoms with van der Waals surface area (Å²) in [7, 11) is 0. The van der Waals surface area contributed by atoms with E-state index in [1.165, 1.54) is 12.1 Å². The Kier molecular flexibility index (Phi) is 6.10. The van der Waals surface area contributed by atoms with Gasteiger partial charge in [-0.1, -0.05) is 26.0 Å². The van der Waals surface area contributed by atoms with E-state index in [0.717, 1.165) is 0 Å². The Balaban J connectivity index is 2.62. The third-order valence-electron chi connectivity index (χ3n) is 3.13. The van der Waals surface area contributed by atoms with Crippen LogP contribution in [0.3, 0.4) is 0 Å². The minimum atomic E-state index is -0.929. The summed E-state index contributed by atoms with van der Waals surface area (Å²) in [5.41, 5.74) is 1.03. The molecule has 0 spiro atoms. The van der Waals surface area contributed by atoms with E-state index in [1.807, 2.05) is 13.8 Å². The Morgan fingerprint density at radius 3 is 2.55 bits per heavy atom. The van der Waals surface area contributed by atoms with Gasteiger partial charge in [-0.15, -0.1) is 0 Å². The topological polar surface area (TPSA) is 69.6 Å². The molecule has 1 aromatic rings. The summed E-state index contributed by atoms with van der Waals surface area (Å²) in [6.45, 7) is 5.63. The molecule has 0 radical (unpaired) electrons. The zero-order chi connectivity index (χ0) is 15.3. The van der Waals surface area contributed by atoms with E-state index in [1.54, 1.807) is 13.0 Å². The Morgan fingerprint density at radius 1 is 1.40 bits per heavy atom. The Hall–Kier alpha value is -1.46. The van der Waals surface area contributed by atoms with Crippen LogP contribution in [0.4, 0.5) is 4.39 Å². The van der Waals surface area contributed by atoms with Crippen molar-refractivity contribution >= 4 is 5.97 Å². The van der Waals surface area contributed by atoms with Crippen LogP contribution in [0.15, 0.2) is 18.2 Å². The molecule has 2 unspecified atom stereocenters. The maximum Gasteiger partial charge on any atom is 0.320 e. The molecule has 2 atom stereocenters. The minimum Gasteiger partial charge on any atom is -0.480 e. The van der Waals surface area contributed by atoms with Gasteiger partial charge in [0.2, 0.25) is 0 Å². The lowest BCUT2D eigenvalue weighted by molar-refractivity contribution is -0.140. The van der Waals surface area contributed by atoms with Gasteiger partial charge in [0.25, 0.3) is 0 Å². The van der Waals surface area contributed by atoms with Gasteiger partial charge in [-0.2, -0.15) is 0 Å². The number of halogens is 1. The van der Waals surface area contributed by atoms with Gasteiger partial charge < -0.3 is 15.5 Å². The third kappa shape index (κ3) is 4.90. The number of aliphatic hydroxyl groups excluding tert-OH is 1. The molecule has 0 amide bonds. The van der Waals surface area contributed by atoms with Crippen molar-refractivity contribution in [3.8, 4) is 0 Å². The molecule has 5 heteroatoms. The summed E-state index contributed by atoms with van der Waals surface area (Å²) < 4.78 is 13.2. The van der Waals surface area contributed by atoms with Crippen LogP contribution in [-0.4, -0.2) is 28.8 Å². The van der Waals surface area contributed by atoms with Crippen molar-refractivity contribution in [1.29, 1.82) is 0 Å². The first-order valence-corrected chi connectivity index (χ1v) is 6.71. The van der Waals surface area contributed by atoms with E-state index in [4.69, 9.17) is 5.11 Å². The van der Waals surface area contributed by atoms with E-state index >= 15 is 0 Å². The number of aliphatic hydroxyl groups is 1. The number of benzene rings is 1. The van der Waals surface area contributed by atoms with E-state index in [2.05, 4.69) is 5.32 Å². The predicted molar refractivity (Wildman–Crippen MR) is 75.0 cm³/mol. The van der Waals surface area contributed by atoms with E-state index in [9.17, 15) is 14.3 Å². The summed E-state index contributed by atoms with van der Waals surface area (Å²) in [5, 5.41) is 22.0. The highest BCUT2D eigenvalue weighted by molar-refractivity contribution is 5.73. The van der Waals surface area contributed by atoms with E-state index in [0.29, 0.717) is 17.5 Å². The van der Waals surface area contributed by atoms with Crippen LogP contribution in [0.2, 0.25) is 0 Å². The molecular formula is C15H22FNO3.